The monoisotopic (exact) mass is 182 g/mol. The fourth-order valence-electron chi connectivity index (χ4n) is 1.45. The van der Waals surface area contributed by atoms with Gasteiger partial charge in [0.1, 0.15) is 0 Å². The lowest BCUT2D eigenvalue weighted by Crippen LogP contribution is -2.31. The average molecular weight is 182 g/mol. The van der Waals surface area contributed by atoms with Crippen molar-refractivity contribution in [1.82, 2.24) is 5.43 Å². The van der Waals surface area contributed by atoms with Crippen LogP contribution < -0.4 is 5.43 Å². The second-order valence-corrected chi connectivity index (χ2v) is 4.43. The van der Waals surface area contributed by atoms with Gasteiger partial charge in [-0.2, -0.15) is 5.10 Å². The van der Waals surface area contributed by atoms with Crippen LogP contribution in [0.25, 0.3) is 0 Å². The molecule has 0 aromatic heterocycles. The van der Waals surface area contributed by atoms with Crippen molar-refractivity contribution in [2.45, 2.75) is 38.6 Å². The van der Waals surface area contributed by atoms with E-state index >= 15 is 0 Å². The molecule has 1 N–H and O–H groups in total. The molecule has 0 atom stereocenters. The molecule has 74 valence electrons. The first kappa shape index (κ1) is 9.00. The first-order valence-electron chi connectivity index (χ1n) is 5.16. The summed E-state index contributed by atoms with van der Waals surface area (Å²) in [6, 6.07) is 0.535. The van der Waals surface area contributed by atoms with E-state index in [-0.39, 0.29) is 0 Å². The Labute approximate surface area is 79.5 Å². The van der Waals surface area contributed by atoms with E-state index in [9.17, 15) is 0 Å². The maximum Gasteiger partial charge on any atom is 0.0486 e. The highest BCUT2D eigenvalue weighted by molar-refractivity contribution is 5.68. The molecule has 0 aromatic rings. The standard InChI is InChI=1S/C10H18N2O/c1-10(4-5-10)8-11-12-9-2-6-13-7-3-9/h8-9,12H,2-7H2,1H3/b11-8+. The van der Waals surface area contributed by atoms with E-state index in [4.69, 9.17) is 4.74 Å². The Hall–Kier alpha value is -0.570. The third-order valence-electron chi connectivity index (χ3n) is 2.89. The first-order chi connectivity index (χ1) is 6.29. The molecule has 13 heavy (non-hydrogen) atoms. The third-order valence-corrected chi connectivity index (χ3v) is 2.89. The predicted octanol–water partition coefficient (Wildman–Crippen LogP) is 1.54. The number of ether oxygens (including phenoxy) is 1. The van der Waals surface area contributed by atoms with Crippen molar-refractivity contribution in [3.05, 3.63) is 0 Å². The van der Waals surface area contributed by atoms with E-state index in [0.29, 0.717) is 11.5 Å². The van der Waals surface area contributed by atoms with E-state index in [1.807, 2.05) is 0 Å². The molecule has 1 aliphatic heterocycles. The van der Waals surface area contributed by atoms with E-state index in [2.05, 4.69) is 23.7 Å². The number of hydrogen-bond acceptors (Lipinski definition) is 3. The van der Waals surface area contributed by atoms with Gasteiger partial charge in [0.05, 0.1) is 0 Å². The van der Waals surface area contributed by atoms with Gasteiger partial charge in [-0.3, -0.25) is 0 Å². The minimum atomic E-state index is 0.415. The molecule has 0 amide bonds. The minimum absolute atomic E-state index is 0.415. The summed E-state index contributed by atoms with van der Waals surface area (Å²) in [5.74, 6) is 0. The Morgan fingerprint density at radius 1 is 1.38 bits per heavy atom. The summed E-state index contributed by atoms with van der Waals surface area (Å²) < 4.78 is 5.27. The van der Waals surface area contributed by atoms with E-state index in [0.717, 1.165) is 26.1 Å². The molecule has 1 saturated carbocycles. The van der Waals surface area contributed by atoms with Gasteiger partial charge in [0.25, 0.3) is 0 Å². The number of hydrogen-bond donors (Lipinski definition) is 1. The zero-order chi connectivity index (χ0) is 9.15. The van der Waals surface area contributed by atoms with E-state index in [1.54, 1.807) is 0 Å². The lowest BCUT2D eigenvalue weighted by Gasteiger charge is -2.21. The smallest absolute Gasteiger partial charge is 0.0486 e. The van der Waals surface area contributed by atoms with Crippen LogP contribution in [0.5, 0.6) is 0 Å². The van der Waals surface area contributed by atoms with Gasteiger partial charge in [-0.05, 0) is 25.7 Å². The maximum atomic E-state index is 5.27. The highest BCUT2D eigenvalue weighted by atomic mass is 16.5. The van der Waals surface area contributed by atoms with Crippen molar-refractivity contribution in [3.63, 3.8) is 0 Å². The topological polar surface area (TPSA) is 33.6 Å². The molecule has 2 fully saturated rings. The maximum absolute atomic E-state index is 5.27. The molecular weight excluding hydrogens is 164 g/mol. The molecule has 1 aliphatic carbocycles. The van der Waals surface area contributed by atoms with Crippen LogP contribution in [0.3, 0.4) is 0 Å². The lowest BCUT2D eigenvalue weighted by molar-refractivity contribution is 0.0783. The summed E-state index contributed by atoms with van der Waals surface area (Å²) in [7, 11) is 0. The van der Waals surface area contributed by atoms with Crippen LogP contribution in [0.2, 0.25) is 0 Å². The van der Waals surface area contributed by atoms with Crippen LogP contribution >= 0.6 is 0 Å². The van der Waals surface area contributed by atoms with Gasteiger partial charge in [-0.25, -0.2) is 0 Å². The van der Waals surface area contributed by atoms with Crippen LogP contribution in [0.4, 0.5) is 0 Å². The largest absolute Gasteiger partial charge is 0.381 e. The summed E-state index contributed by atoms with van der Waals surface area (Å²) in [4.78, 5) is 0. The Balaban J connectivity index is 1.68. The number of nitrogens with zero attached hydrogens (tertiary/aromatic N) is 1. The summed E-state index contributed by atoms with van der Waals surface area (Å²) in [6.07, 6.45) is 6.85. The molecule has 2 rings (SSSR count). The zero-order valence-corrected chi connectivity index (χ0v) is 8.25. The second kappa shape index (κ2) is 3.66. The molecule has 3 nitrogen and oxygen atoms in total. The van der Waals surface area contributed by atoms with Gasteiger partial charge in [0.2, 0.25) is 0 Å². The third kappa shape index (κ3) is 2.69. The molecule has 1 saturated heterocycles. The molecule has 3 heteroatoms. The fraction of sp³-hybridized carbons (Fsp3) is 0.900. The van der Waals surface area contributed by atoms with Crippen molar-refractivity contribution in [1.29, 1.82) is 0 Å². The number of nitrogens with one attached hydrogen (secondary N) is 1. The minimum Gasteiger partial charge on any atom is -0.381 e. The van der Waals surface area contributed by atoms with Crippen LogP contribution in [0.1, 0.15) is 32.6 Å². The quantitative estimate of drug-likeness (QED) is 0.530. The van der Waals surface area contributed by atoms with E-state index in [1.165, 1.54) is 12.8 Å². The summed E-state index contributed by atoms with van der Waals surface area (Å²) >= 11 is 0. The van der Waals surface area contributed by atoms with Crippen LogP contribution in [0.15, 0.2) is 5.10 Å². The normalized spacial score (nSPS) is 27.8. The van der Waals surface area contributed by atoms with Crippen LogP contribution in [0, 0.1) is 5.41 Å². The van der Waals surface area contributed by atoms with Gasteiger partial charge in [0, 0.05) is 30.9 Å². The van der Waals surface area contributed by atoms with Gasteiger partial charge in [-0.15, -0.1) is 0 Å². The molecule has 0 bridgehead atoms. The Bertz CT molecular complexity index is 193. The second-order valence-electron chi connectivity index (χ2n) is 4.43. The summed E-state index contributed by atoms with van der Waals surface area (Å²) in [5.41, 5.74) is 3.62. The molecule has 0 radical (unpaired) electrons. The molecule has 0 spiro atoms. The van der Waals surface area contributed by atoms with Crippen LogP contribution in [-0.2, 0) is 4.74 Å². The molecular formula is C10H18N2O. The SMILES string of the molecule is CC1(/C=N/NC2CCOCC2)CC1. The van der Waals surface area contributed by atoms with Gasteiger partial charge in [-0.1, -0.05) is 6.92 Å². The van der Waals surface area contributed by atoms with Gasteiger partial charge in [0.15, 0.2) is 0 Å². The Morgan fingerprint density at radius 2 is 2.08 bits per heavy atom. The molecule has 0 aromatic carbocycles. The number of rotatable bonds is 3. The van der Waals surface area contributed by atoms with Crippen molar-refractivity contribution in [3.8, 4) is 0 Å². The van der Waals surface area contributed by atoms with E-state index < -0.39 is 0 Å². The lowest BCUT2D eigenvalue weighted by atomic mass is 10.1. The summed E-state index contributed by atoms with van der Waals surface area (Å²) in [5, 5.41) is 4.30. The molecule has 0 unspecified atom stereocenters. The van der Waals surface area contributed by atoms with Crippen molar-refractivity contribution in [2.24, 2.45) is 10.5 Å². The van der Waals surface area contributed by atoms with Gasteiger partial charge >= 0.3 is 0 Å². The Kier molecular flexibility index (Phi) is 2.54. The highest BCUT2D eigenvalue weighted by Gasteiger charge is 2.35. The van der Waals surface area contributed by atoms with Crippen molar-refractivity contribution >= 4 is 6.21 Å². The first-order valence-corrected chi connectivity index (χ1v) is 5.16. The van der Waals surface area contributed by atoms with Crippen molar-refractivity contribution in [2.75, 3.05) is 13.2 Å². The Morgan fingerprint density at radius 3 is 2.69 bits per heavy atom. The van der Waals surface area contributed by atoms with Crippen molar-refractivity contribution < 1.29 is 4.74 Å². The summed E-state index contributed by atoms with van der Waals surface area (Å²) in [6.45, 7) is 4.01. The average Bonchev–Trinajstić information content (AvgIpc) is 2.86. The zero-order valence-electron chi connectivity index (χ0n) is 8.25. The highest BCUT2D eigenvalue weighted by Crippen LogP contribution is 2.42. The molecule has 2 aliphatic rings. The van der Waals surface area contributed by atoms with Crippen LogP contribution in [-0.4, -0.2) is 25.5 Å². The fourth-order valence-corrected chi connectivity index (χ4v) is 1.45. The van der Waals surface area contributed by atoms with Gasteiger partial charge < -0.3 is 10.2 Å². The molecule has 1 heterocycles. The predicted molar refractivity (Wildman–Crippen MR) is 52.8 cm³/mol. The number of hydrazone groups is 1.